The van der Waals surface area contributed by atoms with Gasteiger partial charge in [0.2, 0.25) is 0 Å². The standard InChI is InChI=1S/C14H17N3/c1-10(2)11-3-5-13(6-4-11)17-14-7-12(15)8-16-9-14/h3-10,17H,15H2,1-2H3. The number of pyridine rings is 1. The van der Waals surface area contributed by atoms with Crippen LogP contribution >= 0.6 is 0 Å². The molecule has 0 saturated carbocycles. The molecule has 0 atom stereocenters. The zero-order valence-corrected chi connectivity index (χ0v) is 10.1. The van der Waals surface area contributed by atoms with Crippen molar-refractivity contribution < 1.29 is 0 Å². The highest BCUT2D eigenvalue weighted by atomic mass is 14.9. The first-order valence-corrected chi connectivity index (χ1v) is 5.72. The SMILES string of the molecule is CC(C)c1ccc(Nc2cncc(N)c2)cc1. The smallest absolute Gasteiger partial charge is 0.0591 e. The Hall–Kier alpha value is -2.03. The molecule has 3 heteroatoms. The van der Waals surface area contributed by atoms with Crippen molar-refractivity contribution in [1.29, 1.82) is 0 Å². The Kier molecular flexibility index (Phi) is 3.28. The molecule has 0 aliphatic rings. The second kappa shape index (κ2) is 4.87. The molecule has 2 aromatic rings. The van der Waals surface area contributed by atoms with Gasteiger partial charge in [-0.05, 0) is 29.7 Å². The van der Waals surface area contributed by atoms with Crippen molar-refractivity contribution in [3.8, 4) is 0 Å². The number of anilines is 3. The predicted molar refractivity (Wildman–Crippen MR) is 72.5 cm³/mol. The van der Waals surface area contributed by atoms with Crippen molar-refractivity contribution in [2.75, 3.05) is 11.1 Å². The Labute approximate surface area is 102 Å². The van der Waals surface area contributed by atoms with Crippen LogP contribution in [0.25, 0.3) is 0 Å². The van der Waals surface area contributed by atoms with E-state index in [9.17, 15) is 0 Å². The summed E-state index contributed by atoms with van der Waals surface area (Å²) in [4.78, 5) is 4.04. The van der Waals surface area contributed by atoms with Gasteiger partial charge >= 0.3 is 0 Å². The molecule has 0 fully saturated rings. The fourth-order valence-corrected chi connectivity index (χ4v) is 1.64. The number of benzene rings is 1. The zero-order chi connectivity index (χ0) is 12.3. The maximum atomic E-state index is 5.67. The first-order chi connectivity index (χ1) is 8.15. The van der Waals surface area contributed by atoms with E-state index in [-0.39, 0.29) is 0 Å². The van der Waals surface area contributed by atoms with Gasteiger partial charge in [-0.2, -0.15) is 0 Å². The monoisotopic (exact) mass is 227 g/mol. The first-order valence-electron chi connectivity index (χ1n) is 5.72. The number of nitrogens with one attached hydrogen (secondary N) is 1. The molecule has 1 heterocycles. The molecule has 17 heavy (non-hydrogen) atoms. The Morgan fingerprint density at radius 2 is 1.76 bits per heavy atom. The van der Waals surface area contributed by atoms with Gasteiger partial charge in [-0.1, -0.05) is 26.0 Å². The number of hydrogen-bond donors (Lipinski definition) is 2. The molecule has 0 aliphatic heterocycles. The number of rotatable bonds is 3. The van der Waals surface area contributed by atoms with Crippen molar-refractivity contribution in [3.05, 3.63) is 48.3 Å². The minimum absolute atomic E-state index is 0.554. The van der Waals surface area contributed by atoms with Gasteiger partial charge in [0.25, 0.3) is 0 Å². The van der Waals surface area contributed by atoms with E-state index in [0.29, 0.717) is 11.6 Å². The van der Waals surface area contributed by atoms with Crippen LogP contribution < -0.4 is 11.1 Å². The molecule has 0 aliphatic carbocycles. The van der Waals surface area contributed by atoms with Crippen LogP contribution in [0.5, 0.6) is 0 Å². The molecule has 0 radical (unpaired) electrons. The lowest BCUT2D eigenvalue weighted by atomic mass is 10.0. The zero-order valence-electron chi connectivity index (χ0n) is 10.1. The molecule has 3 N–H and O–H groups in total. The highest BCUT2D eigenvalue weighted by Crippen LogP contribution is 2.20. The van der Waals surface area contributed by atoms with Gasteiger partial charge in [0.1, 0.15) is 0 Å². The predicted octanol–water partition coefficient (Wildman–Crippen LogP) is 3.53. The molecule has 1 aromatic carbocycles. The van der Waals surface area contributed by atoms with Crippen LogP contribution in [0, 0.1) is 0 Å². The second-order valence-electron chi connectivity index (χ2n) is 4.41. The van der Waals surface area contributed by atoms with Gasteiger partial charge < -0.3 is 11.1 Å². The largest absolute Gasteiger partial charge is 0.397 e. The Bertz CT molecular complexity index is 489. The molecule has 0 saturated heterocycles. The van der Waals surface area contributed by atoms with Crippen molar-refractivity contribution in [2.24, 2.45) is 0 Å². The molecular formula is C14H17N3. The fourth-order valence-electron chi connectivity index (χ4n) is 1.64. The summed E-state index contributed by atoms with van der Waals surface area (Å²) in [5, 5.41) is 3.27. The topological polar surface area (TPSA) is 50.9 Å². The highest BCUT2D eigenvalue weighted by Gasteiger charge is 1.99. The number of nitrogens with zero attached hydrogens (tertiary/aromatic N) is 1. The van der Waals surface area contributed by atoms with Crippen LogP contribution in [0.1, 0.15) is 25.3 Å². The van der Waals surface area contributed by atoms with Gasteiger partial charge in [0.15, 0.2) is 0 Å². The number of nitrogen functional groups attached to an aromatic ring is 1. The number of nitrogens with two attached hydrogens (primary N) is 1. The summed E-state index contributed by atoms with van der Waals surface area (Å²) < 4.78 is 0. The molecule has 3 nitrogen and oxygen atoms in total. The number of hydrogen-bond acceptors (Lipinski definition) is 3. The third kappa shape index (κ3) is 2.97. The van der Waals surface area contributed by atoms with E-state index in [1.807, 2.05) is 6.07 Å². The Balaban J connectivity index is 2.14. The summed E-state index contributed by atoms with van der Waals surface area (Å²) in [5.41, 5.74) is 9.62. The summed E-state index contributed by atoms with van der Waals surface area (Å²) in [6, 6.07) is 10.3. The molecular weight excluding hydrogens is 210 g/mol. The summed E-state index contributed by atoms with van der Waals surface area (Å²) in [5.74, 6) is 0.554. The van der Waals surface area contributed by atoms with Crippen molar-refractivity contribution in [2.45, 2.75) is 19.8 Å². The van der Waals surface area contributed by atoms with E-state index in [4.69, 9.17) is 5.73 Å². The van der Waals surface area contributed by atoms with Crippen LogP contribution in [-0.2, 0) is 0 Å². The second-order valence-corrected chi connectivity index (χ2v) is 4.41. The van der Waals surface area contributed by atoms with E-state index in [1.165, 1.54) is 5.56 Å². The minimum Gasteiger partial charge on any atom is -0.397 e. The molecule has 88 valence electrons. The molecule has 0 unspecified atom stereocenters. The highest BCUT2D eigenvalue weighted by molar-refractivity contribution is 5.62. The van der Waals surface area contributed by atoms with Gasteiger partial charge in [-0.15, -0.1) is 0 Å². The lowest BCUT2D eigenvalue weighted by Crippen LogP contribution is -1.94. The fraction of sp³-hybridized carbons (Fsp3) is 0.214. The first kappa shape index (κ1) is 11.5. The molecule has 0 amide bonds. The van der Waals surface area contributed by atoms with E-state index in [0.717, 1.165) is 11.4 Å². The van der Waals surface area contributed by atoms with E-state index < -0.39 is 0 Å². The van der Waals surface area contributed by atoms with Crippen molar-refractivity contribution in [1.82, 2.24) is 4.98 Å². The van der Waals surface area contributed by atoms with Gasteiger partial charge in [0.05, 0.1) is 17.6 Å². The third-order valence-electron chi connectivity index (χ3n) is 2.63. The average molecular weight is 227 g/mol. The van der Waals surface area contributed by atoms with Gasteiger partial charge in [-0.25, -0.2) is 0 Å². The summed E-state index contributed by atoms with van der Waals surface area (Å²) in [6.07, 6.45) is 3.39. The van der Waals surface area contributed by atoms with E-state index in [2.05, 4.69) is 48.4 Å². The summed E-state index contributed by atoms with van der Waals surface area (Å²) in [6.45, 7) is 4.37. The average Bonchev–Trinajstić information content (AvgIpc) is 2.29. The maximum absolute atomic E-state index is 5.67. The quantitative estimate of drug-likeness (QED) is 0.843. The molecule has 0 spiro atoms. The van der Waals surface area contributed by atoms with Crippen LogP contribution in [0.2, 0.25) is 0 Å². The van der Waals surface area contributed by atoms with Crippen molar-refractivity contribution in [3.63, 3.8) is 0 Å². The van der Waals surface area contributed by atoms with Crippen LogP contribution in [0.4, 0.5) is 17.1 Å². The van der Waals surface area contributed by atoms with Crippen LogP contribution in [0.15, 0.2) is 42.7 Å². The third-order valence-corrected chi connectivity index (χ3v) is 2.63. The Morgan fingerprint density at radius 1 is 1.06 bits per heavy atom. The van der Waals surface area contributed by atoms with Gasteiger partial charge in [0, 0.05) is 11.9 Å². The molecule has 0 bridgehead atoms. The lowest BCUT2D eigenvalue weighted by molar-refractivity contribution is 0.867. The van der Waals surface area contributed by atoms with E-state index in [1.54, 1.807) is 12.4 Å². The molecule has 1 aromatic heterocycles. The lowest BCUT2D eigenvalue weighted by Gasteiger charge is -2.09. The summed E-state index contributed by atoms with van der Waals surface area (Å²) >= 11 is 0. The van der Waals surface area contributed by atoms with E-state index >= 15 is 0 Å². The van der Waals surface area contributed by atoms with Crippen LogP contribution in [-0.4, -0.2) is 4.98 Å². The number of aromatic nitrogens is 1. The van der Waals surface area contributed by atoms with Gasteiger partial charge in [-0.3, -0.25) is 4.98 Å². The molecule has 2 rings (SSSR count). The van der Waals surface area contributed by atoms with Crippen LogP contribution in [0.3, 0.4) is 0 Å². The summed E-state index contributed by atoms with van der Waals surface area (Å²) in [7, 11) is 0. The Morgan fingerprint density at radius 3 is 2.35 bits per heavy atom. The van der Waals surface area contributed by atoms with Crippen molar-refractivity contribution >= 4 is 17.1 Å². The normalized spacial score (nSPS) is 10.5. The minimum atomic E-state index is 0.554. The maximum Gasteiger partial charge on any atom is 0.0591 e.